The van der Waals surface area contributed by atoms with Crippen molar-refractivity contribution >= 4 is 5.84 Å². The number of nitrogens with zero attached hydrogens (tertiary/aromatic N) is 1. The lowest BCUT2D eigenvalue weighted by molar-refractivity contribution is 0.367. The van der Waals surface area contributed by atoms with Crippen LogP contribution in [0.25, 0.3) is 0 Å². The zero-order valence-electron chi connectivity index (χ0n) is 10.0. The number of hydrogen-bond acceptors (Lipinski definition) is 1. The maximum atomic E-state index is 4.17. The SMILES string of the molecule is CN=C(C)NC1CCCC(C)CC1C. The minimum absolute atomic E-state index is 0.642. The van der Waals surface area contributed by atoms with Crippen LogP contribution in [0.4, 0.5) is 0 Å². The molecule has 0 aromatic heterocycles. The van der Waals surface area contributed by atoms with Crippen LogP contribution in [0.1, 0.15) is 46.5 Å². The first-order valence-electron chi connectivity index (χ1n) is 5.83. The molecule has 2 nitrogen and oxygen atoms in total. The van der Waals surface area contributed by atoms with Gasteiger partial charge in [-0.3, -0.25) is 4.99 Å². The van der Waals surface area contributed by atoms with E-state index in [9.17, 15) is 0 Å². The number of amidine groups is 1. The van der Waals surface area contributed by atoms with E-state index in [1.54, 1.807) is 0 Å². The highest BCUT2D eigenvalue weighted by Crippen LogP contribution is 2.27. The molecule has 1 saturated carbocycles. The molecular weight excluding hydrogens is 172 g/mol. The van der Waals surface area contributed by atoms with Crippen LogP contribution in [0.15, 0.2) is 4.99 Å². The first-order chi connectivity index (χ1) is 6.63. The molecule has 0 aliphatic heterocycles. The Morgan fingerprint density at radius 3 is 2.64 bits per heavy atom. The summed E-state index contributed by atoms with van der Waals surface area (Å²) in [6, 6.07) is 0.642. The summed E-state index contributed by atoms with van der Waals surface area (Å²) in [5, 5.41) is 3.53. The fraction of sp³-hybridized carbons (Fsp3) is 0.917. The fourth-order valence-corrected chi connectivity index (χ4v) is 2.43. The molecule has 14 heavy (non-hydrogen) atoms. The van der Waals surface area contributed by atoms with E-state index in [0.29, 0.717) is 6.04 Å². The average Bonchev–Trinajstić information content (AvgIpc) is 2.29. The van der Waals surface area contributed by atoms with E-state index in [2.05, 4.69) is 31.1 Å². The molecule has 0 aromatic rings. The molecule has 0 saturated heterocycles. The van der Waals surface area contributed by atoms with Gasteiger partial charge in [0.25, 0.3) is 0 Å². The molecule has 0 amide bonds. The van der Waals surface area contributed by atoms with Gasteiger partial charge in [-0.15, -0.1) is 0 Å². The first kappa shape index (κ1) is 11.5. The summed E-state index contributed by atoms with van der Waals surface area (Å²) in [5.41, 5.74) is 0. The molecule has 0 heterocycles. The normalized spacial score (nSPS) is 35.1. The summed E-state index contributed by atoms with van der Waals surface area (Å²) in [6.45, 7) is 6.79. The maximum Gasteiger partial charge on any atom is 0.0930 e. The first-order valence-corrected chi connectivity index (χ1v) is 5.83. The Morgan fingerprint density at radius 2 is 2.00 bits per heavy atom. The molecule has 1 fully saturated rings. The zero-order chi connectivity index (χ0) is 10.6. The Labute approximate surface area is 88.2 Å². The number of nitrogens with one attached hydrogen (secondary N) is 1. The molecule has 0 radical (unpaired) electrons. The highest BCUT2D eigenvalue weighted by molar-refractivity contribution is 5.79. The van der Waals surface area contributed by atoms with Crippen molar-refractivity contribution < 1.29 is 0 Å². The third kappa shape index (κ3) is 3.32. The molecule has 3 atom stereocenters. The van der Waals surface area contributed by atoms with Crippen LogP contribution in [-0.4, -0.2) is 18.9 Å². The van der Waals surface area contributed by atoms with Crippen molar-refractivity contribution in [3.63, 3.8) is 0 Å². The van der Waals surface area contributed by atoms with Gasteiger partial charge in [-0.25, -0.2) is 0 Å². The molecule has 2 heteroatoms. The topological polar surface area (TPSA) is 24.4 Å². The molecule has 1 aliphatic rings. The zero-order valence-corrected chi connectivity index (χ0v) is 10.0. The van der Waals surface area contributed by atoms with Crippen LogP contribution < -0.4 is 5.32 Å². The second-order valence-corrected chi connectivity index (χ2v) is 4.81. The number of aliphatic imine (C=N–C) groups is 1. The van der Waals surface area contributed by atoms with Crippen molar-refractivity contribution in [2.75, 3.05) is 7.05 Å². The van der Waals surface area contributed by atoms with Crippen molar-refractivity contribution in [1.82, 2.24) is 5.32 Å². The minimum atomic E-state index is 0.642. The van der Waals surface area contributed by atoms with Crippen molar-refractivity contribution in [3.8, 4) is 0 Å². The van der Waals surface area contributed by atoms with Crippen LogP contribution >= 0.6 is 0 Å². The summed E-state index contributed by atoms with van der Waals surface area (Å²) in [5.74, 6) is 2.76. The third-order valence-electron chi connectivity index (χ3n) is 3.40. The summed E-state index contributed by atoms with van der Waals surface area (Å²) < 4.78 is 0. The lowest BCUT2D eigenvalue weighted by Gasteiger charge is -2.24. The minimum Gasteiger partial charge on any atom is -0.371 e. The monoisotopic (exact) mass is 196 g/mol. The predicted molar refractivity (Wildman–Crippen MR) is 62.8 cm³/mol. The van der Waals surface area contributed by atoms with Crippen molar-refractivity contribution in [3.05, 3.63) is 0 Å². The van der Waals surface area contributed by atoms with Gasteiger partial charge in [-0.05, 0) is 31.6 Å². The molecule has 0 aromatic carbocycles. The van der Waals surface area contributed by atoms with Crippen LogP contribution in [-0.2, 0) is 0 Å². The van der Waals surface area contributed by atoms with E-state index in [-0.39, 0.29) is 0 Å². The predicted octanol–water partition coefficient (Wildman–Crippen LogP) is 2.84. The van der Waals surface area contributed by atoms with Gasteiger partial charge in [0, 0.05) is 13.1 Å². The van der Waals surface area contributed by atoms with Crippen molar-refractivity contribution in [2.45, 2.75) is 52.5 Å². The molecule has 0 bridgehead atoms. The Balaban J connectivity index is 2.50. The molecule has 1 N–H and O–H groups in total. The summed E-state index contributed by atoms with van der Waals surface area (Å²) >= 11 is 0. The maximum absolute atomic E-state index is 4.17. The van der Waals surface area contributed by atoms with E-state index in [4.69, 9.17) is 0 Å². The van der Waals surface area contributed by atoms with E-state index in [1.165, 1.54) is 25.7 Å². The van der Waals surface area contributed by atoms with Gasteiger partial charge in [0.15, 0.2) is 0 Å². The second kappa shape index (κ2) is 5.38. The van der Waals surface area contributed by atoms with Gasteiger partial charge in [-0.1, -0.05) is 26.7 Å². The highest BCUT2D eigenvalue weighted by Gasteiger charge is 2.22. The van der Waals surface area contributed by atoms with Crippen LogP contribution in [0.2, 0.25) is 0 Å². The average molecular weight is 196 g/mol. The van der Waals surface area contributed by atoms with Crippen LogP contribution in [0.5, 0.6) is 0 Å². The Hall–Kier alpha value is -0.530. The van der Waals surface area contributed by atoms with Crippen LogP contribution in [0.3, 0.4) is 0 Å². The van der Waals surface area contributed by atoms with Crippen molar-refractivity contribution in [2.24, 2.45) is 16.8 Å². The van der Waals surface area contributed by atoms with E-state index < -0.39 is 0 Å². The molecular formula is C12H24N2. The quantitative estimate of drug-likeness (QED) is 0.389. The summed E-state index contributed by atoms with van der Waals surface area (Å²) in [4.78, 5) is 4.17. The van der Waals surface area contributed by atoms with Gasteiger partial charge < -0.3 is 5.32 Å². The summed E-state index contributed by atoms with van der Waals surface area (Å²) in [6.07, 6.45) is 5.41. The van der Waals surface area contributed by atoms with Crippen LogP contribution in [0, 0.1) is 11.8 Å². The molecule has 82 valence electrons. The van der Waals surface area contributed by atoms with E-state index in [1.807, 2.05) is 7.05 Å². The second-order valence-electron chi connectivity index (χ2n) is 4.81. The van der Waals surface area contributed by atoms with E-state index in [0.717, 1.165) is 17.7 Å². The van der Waals surface area contributed by atoms with Gasteiger partial charge in [-0.2, -0.15) is 0 Å². The van der Waals surface area contributed by atoms with Gasteiger partial charge in [0.1, 0.15) is 0 Å². The highest BCUT2D eigenvalue weighted by atomic mass is 15.0. The molecule has 3 unspecified atom stereocenters. The van der Waals surface area contributed by atoms with Crippen molar-refractivity contribution in [1.29, 1.82) is 0 Å². The smallest absolute Gasteiger partial charge is 0.0930 e. The Kier molecular flexibility index (Phi) is 4.43. The Morgan fingerprint density at radius 1 is 1.29 bits per heavy atom. The largest absolute Gasteiger partial charge is 0.371 e. The van der Waals surface area contributed by atoms with Gasteiger partial charge in [0.2, 0.25) is 0 Å². The number of hydrogen-bond donors (Lipinski definition) is 1. The lowest BCUT2D eigenvalue weighted by atomic mass is 9.93. The third-order valence-corrected chi connectivity index (χ3v) is 3.40. The number of rotatable bonds is 1. The fourth-order valence-electron chi connectivity index (χ4n) is 2.43. The Bertz CT molecular complexity index is 198. The molecule has 1 aliphatic carbocycles. The van der Waals surface area contributed by atoms with E-state index >= 15 is 0 Å². The lowest BCUT2D eigenvalue weighted by Crippen LogP contribution is -2.37. The standard InChI is InChI=1S/C12H24N2/c1-9-6-5-7-12(10(2)8-9)14-11(3)13-4/h9-10,12H,5-8H2,1-4H3,(H,13,14). The molecule has 1 rings (SSSR count). The van der Waals surface area contributed by atoms with Gasteiger partial charge >= 0.3 is 0 Å². The summed E-state index contributed by atoms with van der Waals surface area (Å²) in [7, 11) is 1.85. The van der Waals surface area contributed by atoms with Gasteiger partial charge in [0.05, 0.1) is 5.84 Å². The molecule has 0 spiro atoms.